The van der Waals surface area contributed by atoms with Gasteiger partial charge in [-0.3, -0.25) is 4.79 Å². The van der Waals surface area contributed by atoms with Crippen LogP contribution in [-0.4, -0.2) is 20.6 Å². The van der Waals surface area contributed by atoms with E-state index in [4.69, 9.17) is 15.5 Å². The highest BCUT2D eigenvalue weighted by Gasteiger charge is 2.46. The summed E-state index contributed by atoms with van der Waals surface area (Å²) in [6.07, 6.45) is 6.99. The molecule has 0 unspecified atom stereocenters. The van der Waals surface area contributed by atoms with E-state index in [9.17, 15) is 14.7 Å². The third-order valence-corrected chi connectivity index (χ3v) is 8.88. The number of anilines is 1. The number of cyclic esters (lactones) is 1. The number of nitrogens with zero attached hydrogens (tertiary/aromatic N) is 2. The number of hydrogen-bond donors (Lipinski definition) is 2. The molecule has 3 N–H and O–H groups in total. The van der Waals surface area contributed by atoms with Crippen LogP contribution in [0.5, 0.6) is 0 Å². The molecule has 2 aliphatic carbocycles. The Kier molecular flexibility index (Phi) is 3.85. The fourth-order valence-electron chi connectivity index (χ4n) is 7.03. The van der Waals surface area contributed by atoms with Crippen molar-refractivity contribution in [3.05, 3.63) is 56.4 Å². The summed E-state index contributed by atoms with van der Waals surface area (Å²) in [7, 11) is 0. The number of pyridine rings is 2. The van der Waals surface area contributed by atoms with Crippen LogP contribution in [-0.2, 0) is 41.1 Å². The van der Waals surface area contributed by atoms with E-state index in [1.165, 1.54) is 36.8 Å². The maximum atomic E-state index is 13.6. The third-order valence-electron chi connectivity index (χ3n) is 8.88. The number of esters is 1. The van der Waals surface area contributed by atoms with Crippen LogP contribution < -0.4 is 11.3 Å². The van der Waals surface area contributed by atoms with E-state index < -0.39 is 11.6 Å². The predicted octanol–water partition coefficient (Wildman–Crippen LogP) is 3.32. The van der Waals surface area contributed by atoms with Gasteiger partial charge in [0, 0.05) is 22.2 Å². The molecule has 1 aromatic carbocycles. The molecule has 0 amide bonds. The number of hydrogen-bond acceptors (Lipinski definition) is 6. The lowest BCUT2D eigenvalue weighted by Crippen LogP contribution is -2.44. The highest BCUT2D eigenvalue weighted by molar-refractivity contribution is 5.95. The smallest absolute Gasteiger partial charge is 0.343 e. The quantitative estimate of drug-likeness (QED) is 0.335. The molecule has 1 fully saturated rings. The van der Waals surface area contributed by atoms with Gasteiger partial charge in [-0.15, -0.1) is 0 Å². The van der Waals surface area contributed by atoms with E-state index in [0.717, 1.165) is 40.7 Å². The average molecular weight is 458 g/mol. The summed E-state index contributed by atoms with van der Waals surface area (Å²) in [5.41, 5.74) is 12.1. The number of benzene rings is 1. The van der Waals surface area contributed by atoms with E-state index >= 15 is 0 Å². The van der Waals surface area contributed by atoms with Crippen molar-refractivity contribution in [3.63, 3.8) is 0 Å². The first kappa shape index (κ1) is 20.2. The molecular formula is C27H27N3O4. The first-order chi connectivity index (χ1) is 16.3. The van der Waals surface area contributed by atoms with Crippen LogP contribution in [0, 0.1) is 5.41 Å². The Morgan fingerprint density at radius 2 is 1.88 bits per heavy atom. The first-order valence-electron chi connectivity index (χ1n) is 12.3. The Hall–Kier alpha value is -3.19. The van der Waals surface area contributed by atoms with Crippen molar-refractivity contribution in [2.75, 3.05) is 5.73 Å². The number of carbonyl (C=O) groups is 1. The summed E-state index contributed by atoms with van der Waals surface area (Å²) < 4.78 is 6.94. The van der Waals surface area contributed by atoms with Gasteiger partial charge in [-0.1, -0.05) is 19.8 Å². The molecule has 4 heterocycles. The van der Waals surface area contributed by atoms with Crippen molar-refractivity contribution >= 4 is 22.6 Å². The van der Waals surface area contributed by atoms with Crippen LogP contribution in [0.1, 0.15) is 66.8 Å². The van der Waals surface area contributed by atoms with Crippen LogP contribution in [0.15, 0.2) is 23.0 Å². The van der Waals surface area contributed by atoms with Gasteiger partial charge in [-0.05, 0) is 66.8 Å². The van der Waals surface area contributed by atoms with Crippen LogP contribution in [0.25, 0.3) is 22.3 Å². The lowest BCUT2D eigenvalue weighted by Gasteiger charge is -2.36. The van der Waals surface area contributed by atoms with Crippen molar-refractivity contribution in [3.8, 4) is 11.4 Å². The van der Waals surface area contributed by atoms with Gasteiger partial charge in [0.1, 0.15) is 6.61 Å². The number of fused-ring (bicyclic) bond motifs is 5. The summed E-state index contributed by atoms with van der Waals surface area (Å²) in [5, 5.41) is 12.3. The van der Waals surface area contributed by atoms with Crippen LogP contribution in [0.2, 0.25) is 0 Å². The van der Waals surface area contributed by atoms with Gasteiger partial charge in [-0.25, -0.2) is 9.78 Å². The van der Waals surface area contributed by atoms with E-state index in [1.807, 2.05) is 12.1 Å². The van der Waals surface area contributed by atoms with E-state index in [2.05, 4.69) is 0 Å². The fourth-order valence-corrected chi connectivity index (χ4v) is 7.03. The van der Waals surface area contributed by atoms with E-state index in [1.54, 1.807) is 17.6 Å². The van der Waals surface area contributed by atoms with Crippen molar-refractivity contribution in [2.45, 2.75) is 70.6 Å². The average Bonchev–Trinajstić information content (AvgIpc) is 3.44. The summed E-state index contributed by atoms with van der Waals surface area (Å²) >= 11 is 0. The Labute approximate surface area is 196 Å². The molecule has 0 radical (unpaired) electrons. The molecule has 0 saturated heterocycles. The van der Waals surface area contributed by atoms with Crippen LogP contribution in [0.4, 0.5) is 5.69 Å². The summed E-state index contributed by atoms with van der Waals surface area (Å²) in [6, 6.07) is 5.73. The SMILES string of the molecule is CC[C@@]1(O)C(=O)OCc2c1cc1n(c2=O)Cc2c-1nc1ccc(N)c3c1c2CC1(CCCC1)C3. The summed E-state index contributed by atoms with van der Waals surface area (Å²) in [4.78, 5) is 31.1. The molecule has 0 bridgehead atoms. The zero-order chi connectivity index (χ0) is 23.4. The molecule has 2 aliphatic heterocycles. The van der Waals surface area contributed by atoms with Crippen LogP contribution >= 0.6 is 0 Å². The maximum Gasteiger partial charge on any atom is 0.343 e. The second-order valence-electron chi connectivity index (χ2n) is 10.6. The molecule has 7 rings (SSSR count). The second-order valence-corrected chi connectivity index (χ2v) is 10.6. The molecule has 7 nitrogen and oxygen atoms in total. The summed E-state index contributed by atoms with van der Waals surface area (Å²) in [5.74, 6) is -0.699. The lowest BCUT2D eigenvalue weighted by atomic mass is 9.68. The number of aromatic nitrogens is 2. The molecule has 3 aromatic rings. The lowest BCUT2D eigenvalue weighted by molar-refractivity contribution is -0.172. The Bertz CT molecular complexity index is 1500. The molecule has 1 spiro atoms. The number of aliphatic hydroxyl groups is 1. The molecule has 1 atom stereocenters. The largest absolute Gasteiger partial charge is 0.458 e. The topological polar surface area (TPSA) is 107 Å². The molecule has 34 heavy (non-hydrogen) atoms. The Morgan fingerprint density at radius 1 is 1.12 bits per heavy atom. The molecule has 4 aliphatic rings. The predicted molar refractivity (Wildman–Crippen MR) is 127 cm³/mol. The van der Waals surface area contributed by atoms with Crippen molar-refractivity contribution in [1.29, 1.82) is 0 Å². The number of ether oxygens (including phenoxy) is 1. The van der Waals surface area contributed by atoms with Gasteiger partial charge in [0.25, 0.3) is 5.56 Å². The second kappa shape index (κ2) is 6.48. The number of nitrogens with two attached hydrogens (primary N) is 1. The number of rotatable bonds is 1. The molecule has 1 saturated carbocycles. The number of carbonyl (C=O) groups excluding carboxylic acids is 1. The van der Waals surface area contributed by atoms with Gasteiger partial charge in [0.05, 0.1) is 29.0 Å². The molecular weight excluding hydrogens is 430 g/mol. The van der Waals surface area contributed by atoms with Gasteiger partial charge in [0.15, 0.2) is 5.60 Å². The first-order valence-corrected chi connectivity index (χ1v) is 12.3. The molecule has 7 heteroatoms. The number of nitrogen functional groups attached to an aromatic ring is 1. The highest BCUT2D eigenvalue weighted by Crippen LogP contribution is 2.52. The van der Waals surface area contributed by atoms with Gasteiger partial charge >= 0.3 is 5.97 Å². The molecule has 174 valence electrons. The normalized spacial score (nSPS) is 23.6. The third kappa shape index (κ3) is 2.38. The Morgan fingerprint density at radius 3 is 2.65 bits per heavy atom. The highest BCUT2D eigenvalue weighted by atomic mass is 16.6. The Balaban J connectivity index is 1.51. The standard InChI is InChI=1S/C27H27N3O4/c1-2-27(33)18-9-21-23-16(12-30(21)24(31)17(18)13-34-25(27)32)14-10-26(7-3-4-8-26)11-15-19(28)5-6-20(29-23)22(14)15/h5-6,9,33H,2-4,7-8,10-13,28H2,1H3/t27-/m0/s1. The zero-order valence-electron chi connectivity index (χ0n) is 19.2. The zero-order valence-corrected chi connectivity index (χ0v) is 19.2. The molecule has 2 aromatic heterocycles. The van der Waals surface area contributed by atoms with E-state index in [-0.39, 0.29) is 24.0 Å². The minimum atomic E-state index is -1.81. The van der Waals surface area contributed by atoms with Gasteiger partial charge in [0.2, 0.25) is 0 Å². The van der Waals surface area contributed by atoms with E-state index in [0.29, 0.717) is 23.4 Å². The van der Waals surface area contributed by atoms with Crippen LogP contribution in [0.3, 0.4) is 0 Å². The monoisotopic (exact) mass is 457 g/mol. The van der Waals surface area contributed by atoms with Crippen molar-refractivity contribution in [2.24, 2.45) is 5.41 Å². The van der Waals surface area contributed by atoms with Crippen molar-refractivity contribution in [1.82, 2.24) is 9.55 Å². The minimum absolute atomic E-state index is 0.113. The minimum Gasteiger partial charge on any atom is -0.458 e. The fraction of sp³-hybridized carbons (Fsp3) is 0.444. The van der Waals surface area contributed by atoms with Gasteiger partial charge in [-0.2, -0.15) is 0 Å². The van der Waals surface area contributed by atoms with Crippen molar-refractivity contribution < 1.29 is 14.6 Å². The maximum absolute atomic E-state index is 13.6. The summed E-state index contributed by atoms with van der Waals surface area (Å²) in [6.45, 7) is 2.05. The van der Waals surface area contributed by atoms with Gasteiger partial charge < -0.3 is 20.1 Å².